The van der Waals surface area contributed by atoms with E-state index >= 15 is 0 Å². The van der Waals surface area contributed by atoms with Crippen molar-refractivity contribution < 1.29 is 9.26 Å². The van der Waals surface area contributed by atoms with Crippen molar-refractivity contribution in [3.8, 4) is 0 Å². The highest BCUT2D eigenvalue weighted by atomic mass is 35.5. The molecule has 1 aromatic heterocycles. The van der Waals surface area contributed by atoms with Crippen molar-refractivity contribution in [2.45, 2.75) is 46.1 Å². The van der Waals surface area contributed by atoms with Crippen LogP contribution in [0.25, 0.3) is 0 Å². The third kappa shape index (κ3) is 5.87. The SMILES string of the molecule is CC(C)(C)NCc1cc(COCc2ccc(Cl)cc2)on1. The molecule has 114 valence electrons. The zero-order valence-electron chi connectivity index (χ0n) is 12.6. The Bertz CT molecular complexity index is 558. The molecule has 0 spiro atoms. The van der Waals surface area contributed by atoms with E-state index in [2.05, 4.69) is 31.2 Å². The van der Waals surface area contributed by atoms with E-state index < -0.39 is 0 Å². The highest BCUT2D eigenvalue weighted by Gasteiger charge is 2.11. The Morgan fingerprint density at radius 3 is 2.57 bits per heavy atom. The monoisotopic (exact) mass is 308 g/mol. The third-order valence-electron chi connectivity index (χ3n) is 2.83. The maximum Gasteiger partial charge on any atom is 0.162 e. The van der Waals surface area contributed by atoms with Crippen LogP contribution in [-0.2, 0) is 24.5 Å². The molecule has 0 aliphatic heterocycles. The number of rotatable bonds is 6. The largest absolute Gasteiger partial charge is 0.369 e. The highest BCUT2D eigenvalue weighted by Crippen LogP contribution is 2.12. The van der Waals surface area contributed by atoms with Gasteiger partial charge in [-0.3, -0.25) is 0 Å². The van der Waals surface area contributed by atoms with Gasteiger partial charge in [0.25, 0.3) is 0 Å². The number of ether oxygens (including phenoxy) is 1. The van der Waals surface area contributed by atoms with Crippen molar-refractivity contribution in [2.24, 2.45) is 0 Å². The lowest BCUT2D eigenvalue weighted by atomic mass is 10.1. The molecule has 1 N–H and O–H groups in total. The summed E-state index contributed by atoms with van der Waals surface area (Å²) in [6.45, 7) is 7.96. The van der Waals surface area contributed by atoms with Gasteiger partial charge in [-0.05, 0) is 38.5 Å². The van der Waals surface area contributed by atoms with E-state index in [0.717, 1.165) is 22.0 Å². The molecule has 0 aliphatic carbocycles. The first-order chi connectivity index (χ1) is 9.92. The second-order valence-electron chi connectivity index (χ2n) is 6.01. The van der Waals surface area contributed by atoms with Crippen molar-refractivity contribution in [1.29, 1.82) is 0 Å². The minimum absolute atomic E-state index is 0.0597. The molecule has 0 fully saturated rings. The van der Waals surface area contributed by atoms with E-state index in [1.54, 1.807) is 0 Å². The highest BCUT2D eigenvalue weighted by molar-refractivity contribution is 6.30. The van der Waals surface area contributed by atoms with Gasteiger partial charge in [0.15, 0.2) is 5.76 Å². The van der Waals surface area contributed by atoms with Crippen LogP contribution in [0.3, 0.4) is 0 Å². The summed E-state index contributed by atoms with van der Waals surface area (Å²) in [6.07, 6.45) is 0. The predicted molar refractivity (Wildman–Crippen MR) is 83.0 cm³/mol. The quantitative estimate of drug-likeness (QED) is 0.878. The van der Waals surface area contributed by atoms with Gasteiger partial charge in [0.05, 0.1) is 12.3 Å². The topological polar surface area (TPSA) is 47.3 Å². The summed E-state index contributed by atoms with van der Waals surface area (Å²) in [5.41, 5.74) is 2.02. The van der Waals surface area contributed by atoms with E-state index in [1.807, 2.05) is 30.3 Å². The molecule has 0 saturated heterocycles. The van der Waals surface area contributed by atoms with Gasteiger partial charge in [0, 0.05) is 23.2 Å². The zero-order chi connectivity index (χ0) is 15.3. The molecule has 2 rings (SSSR count). The summed E-state index contributed by atoms with van der Waals surface area (Å²) in [5, 5.41) is 8.11. The number of nitrogens with zero attached hydrogens (tertiary/aromatic N) is 1. The summed E-state index contributed by atoms with van der Waals surface area (Å²) >= 11 is 5.84. The maximum atomic E-state index is 5.84. The van der Waals surface area contributed by atoms with Crippen LogP contribution in [-0.4, -0.2) is 10.7 Å². The lowest BCUT2D eigenvalue weighted by Crippen LogP contribution is -2.35. The van der Waals surface area contributed by atoms with Crippen molar-refractivity contribution in [2.75, 3.05) is 0 Å². The van der Waals surface area contributed by atoms with Gasteiger partial charge in [-0.1, -0.05) is 28.9 Å². The fraction of sp³-hybridized carbons (Fsp3) is 0.438. The molecule has 0 bridgehead atoms. The van der Waals surface area contributed by atoms with E-state index in [4.69, 9.17) is 20.9 Å². The molecule has 0 amide bonds. The third-order valence-corrected chi connectivity index (χ3v) is 3.09. The molecule has 1 heterocycles. The van der Waals surface area contributed by atoms with Crippen LogP contribution < -0.4 is 5.32 Å². The average Bonchev–Trinajstić information content (AvgIpc) is 2.86. The normalized spacial score (nSPS) is 11.8. The first-order valence-electron chi connectivity index (χ1n) is 6.94. The van der Waals surface area contributed by atoms with Crippen molar-refractivity contribution in [3.63, 3.8) is 0 Å². The zero-order valence-corrected chi connectivity index (χ0v) is 13.4. The van der Waals surface area contributed by atoms with Gasteiger partial charge in [-0.2, -0.15) is 0 Å². The summed E-state index contributed by atoms with van der Waals surface area (Å²) < 4.78 is 10.9. The van der Waals surface area contributed by atoms with E-state index in [1.165, 1.54) is 0 Å². The summed E-state index contributed by atoms with van der Waals surface area (Å²) in [7, 11) is 0. The Kier molecular flexibility index (Phi) is 5.39. The van der Waals surface area contributed by atoms with Gasteiger partial charge >= 0.3 is 0 Å². The smallest absolute Gasteiger partial charge is 0.162 e. The van der Waals surface area contributed by atoms with Crippen LogP contribution in [0.15, 0.2) is 34.9 Å². The van der Waals surface area contributed by atoms with Crippen molar-refractivity contribution >= 4 is 11.6 Å². The van der Waals surface area contributed by atoms with E-state index in [-0.39, 0.29) is 5.54 Å². The van der Waals surface area contributed by atoms with Crippen LogP contribution in [0, 0.1) is 0 Å². The first-order valence-corrected chi connectivity index (χ1v) is 7.32. The van der Waals surface area contributed by atoms with Crippen LogP contribution in [0.2, 0.25) is 5.02 Å². The van der Waals surface area contributed by atoms with Crippen LogP contribution in [0.5, 0.6) is 0 Å². The number of hydrogen-bond acceptors (Lipinski definition) is 4. The Labute approximate surface area is 130 Å². The molecule has 21 heavy (non-hydrogen) atoms. The summed E-state index contributed by atoms with van der Waals surface area (Å²) in [5.74, 6) is 0.731. The molecular weight excluding hydrogens is 288 g/mol. The maximum absolute atomic E-state index is 5.84. The Balaban J connectivity index is 1.76. The molecular formula is C16H21ClN2O2. The lowest BCUT2D eigenvalue weighted by molar-refractivity contribution is 0.0883. The minimum Gasteiger partial charge on any atom is -0.369 e. The Hall–Kier alpha value is -1.36. The molecule has 5 heteroatoms. The fourth-order valence-corrected chi connectivity index (χ4v) is 1.84. The Morgan fingerprint density at radius 1 is 1.19 bits per heavy atom. The number of benzene rings is 1. The second kappa shape index (κ2) is 7.07. The van der Waals surface area contributed by atoms with Gasteiger partial charge in [-0.15, -0.1) is 0 Å². The molecule has 0 unspecified atom stereocenters. The minimum atomic E-state index is 0.0597. The predicted octanol–water partition coefficient (Wildman–Crippen LogP) is 3.93. The lowest BCUT2D eigenvalue weighted by Gasteiger charge is -2.19. The van der Waals surface area contributed by atoms with Crippen molar-refractivity contribution in [3.05, 3.63) is 52.4 Å². The Morgan fingerprint density at radius 2 is 1.90 bits per heavy atom. The van der Waals surface area contributed by atoms with E-state index in [9.17, 15) is 0 Å². The summed E-state index contributed by atoms with van der Waals surface area (Å²) in [4.78, 5) is 0. The van der Waals surface area contributed by atoms with Gasteiger partial charge < -0.3 is 14.6 Å². The van der Waals surface area contributed by atoms with Crippen LogP contribution in [0.1, 0.15) is 37.8 Å². The summed E-state index contributed by atoms with van der Waals surface area (Å²) in [6, 6.07) is 9.51. The van der Waals surface area contributed by atoms with Crippen molar-refractivity contribution in [1.82, 2.24) is 10.5 Å². The van der Waals surface area contributed by atoms with E-state index in [0.29, 0.717) is 19.8 Å². The molecule has 0 atom stereocenters. The molecule has 0 aliphatic rings. The van der Waals surface area contributed by atoms with Gasteiger partial charge in [0.2, 0.25) is 0 Å². The van der Waals surface area contributed by atoms with Gasteiger partial charge in [0.1, 0.15) is 6.61 Å². The number of hydrogen-bond donors (Lipinski definition) is 1. The second-order valence-corrected chi connectivity index (χ2v) is 6.44. The number of aromatic nitrogens is 1. The standard InChI is InChI=1S/C16H21ClN2O2/c1-16(2,3)18-9-14-8-15(21-19-14)11-20-10-12-4-6-13(17)7-5-12/h4-8,18H,9-11H2,1-3H3. The van der Waals surface area contributed by atoms with Gasteiger partial charge in [-0.25, -0.2) is 0 Å². The first kappa shape index (κ1) is 16.0. The number of nitrogens with one attached hydrogen (secondary N) is 1. The molecule has 4 nitrogen and oxygen atoms in total. The number of halogens is 1. The van der Waals surface area contributed by atoms with Crippen LogP contribution >= 0.6 is 11.6 Å². The fourth-order valence-electron chi connectivity index (χ4n) is 1.71. The molecule has 2 aromatic rings. The van der Waals surface area contributed by atoms with Crippen LogP contribution in [0.4, 0.5) is 0 Å². The molecule has 0 saturated carbocycles. The molecule has 0 radical (unpaired) electrons. The average molecular weight is 309 g/mol. The molecule has 1 aromatic carbocycles.